The number of hydrogen-bond acceptors (Lipinski definition) is 2. The molecule has 1 aliphatic rings. The Morgan fingerprint density at radius 1 is 1.19 bits per heavy atom. The van der Waals surface area contributed by atoms with Crippen molar-refractivity contribution in [3.05, 3.63) is 34.3 Å². The van der Waals surface area contributed by atoms with Gasteiger partial charge in [-0.2, -0.15) is 0 Å². The summed E-state index contributed by atoms with van der Waals surface area (Å²) < 4.78 is 0.877. The predicted molar refractivity (Wildman–Crippen MR) is 62.4 cm³/mol. The third-order valence-corrected chi connectivity index (χ3v) is 3.69. The predicted octanol–water partition coefficient (Wildman–Crippen LogP) is 2.89. The molecule has 4 heteroatoms. The van der Waals surface area contributed by atoms with Gasteiger partial charge in [0.2, 0.25) is 0 Å². The van der Waals surface area contributed by atoms with E-state index in [-0.39, 0.29) is 5.78 Å². The summed E-state index contributed by atoms with van der Waals surface area (Å²) in [7, 11) is 0. The molecule has 3 nitrogen and oxygen atoms in total. The van der Waals surface area contributed by atoms with Gasteiger partial charge in [-0.05, 0) is 25.0 Å². The highest BCUT2D eigenvalue weighted by Crippen LogP contribution is 2.43. The van der Waals surface area contributed by atoms with E-state index < -0.39 is 11.4 Å². The zero-order chi connectivity index (χ0) is 11.8. The number of ketones is 1. The van der Waals surface area contributed by atoms with Crippen molar-refractivity contribution < 1.29 is 14.7 Å². The molecule has 0 amide bonds. The van der Waals surface area contributed by atoms with Crippen LogP contribution in [0.5, 0.6) is 0 Å². The third-order valence-electron chi connectivity index (χ3n) is 3.16. The molecule has 84 valence electrons. The number of benzene rings is 1. The molecule has 0 aromatic heterocycles. The van der Waals surface area contributed by atoms with Crippen molar-refractivity contribution in [2.45, 2.75) is 19.3 Å². The smallest absolute Gasteiger partial charge is 0.317 e. The van der Waals surface area contributed by atoms with E-state index in [0.717, 1.165) is 10.9 Å². The van der Waals surface area contributed by atoms with Crippen molar-refractivity contribution in [3.63, 3.8) is 0 Å². The molecule has 0 bridgehead atoms. The lowest BCUT2D eigenvalue weighted by Crippen LogP contribution is -2.45. The fraction of sp³-hybridized carbons (Fsp3) is 0.333. The Kier molecular flexibility index (Phi) is 2.84. The summed E-state index contributed by atoms with van der Waals surface area (Å²) in [5.41, 5.74) is -0.682. The molecule has 1 N–H and O–H groups in total. The summed E-state index contributed by atoms with van der Waals surface area (Å²) in [4.78, 5) is 23.3. The minimum Gasteiger partial charge on any atom is -0.480 e. The Morgan fingerprint density at radius 2 is 1.75 bits per heavy atom. The molecule has 16 heavy (non-hydrogen) atoms. The highest BCUT2D eigenvalue weighted by atomic mass is 79.9. The monoisotopic (exact) mass is 282 g/mol. The second-order valence-electron chi connectivity index (χ2n) is 4.08. The van der Waals surface area contributed by atoms with Gasteiger partial charge in [-0.15, -0.1) is 0 Å². The number of rotatable bonds is 3. The van der Waals surface area contributed by atoms with Crippen molar-refractivity contribution in [1.82, 2.24) is 0 Å². The van der Waals surface area contributed by atoms with Gasteiger partial charge in [0.05, 0.1) is 0 Å². The van der Waals surface area contributed by atoms with Gasteiger partial charge in [-0.1, -0.05) is 34.5 Å². The first-order chi connectivity index (χ1) is 7.56. The van der Waals surface area contributed by atoms with E-state index in [1.807, 2.05) is 0 Å². The van der Waals surface area contributed by atoms with Gasteiger partial charge in [-0.3, -0.25) is 9.59 Å². The lowest BCUT2D eigenvalue weighted by Gasteiger charge is -2.35. The SMILES string of the molecule is O=C(O)C1(C(=O)c2ccc(Br)cc2)CCC1. The molecule has 1 aromatic rings. The maximum absolute atomic E-state index is 12.1. The van der Waals surface area contributed by atoms with E-state index in [1.165, 1.54) is 0 Å². The molecule has 0 aliphatic heterocycles. The molecule has 0 heterocycles. The molecule has 0 unspecified atom stereocenters. The van der Waals surface area contributed by atoms with E-state index in [0.29, 0.717) is 18.4 Å². The second-order valence-corrected chi connectivity index (χ2v) is 4.99. The van der Waals surface area contributed by atoms with Gasteiger partial charge < -0.3 is 5.11 Å². The summed E-state index contributed by atoms with van der Waals surface area (Å²) in [6.45, 7) is 0. The van der Waals surface area contributed by atoms with Crippen LogP contribution in [-0.4, -0.2) is 16.9 Å². The molecule has 2 rings (SSSR count). The fourth-order valence-corrected chi connectivity index (χ4v) is 2.21. The zero-order valence-corrected chi connectivity index (χ0v) is 10.2. The van der Waals surface area contributed by atoms with Crippen LogP contribution in [0.15, 0.2) is 28.7 Å². The first kappa shape index (κ1) is 11.3. The van der Waals surface area contributed by atoms with Crippen molar-refractivity contribution in [2.24, 2.45) is 5.41 Å². The summed E-state index contributed by atoms with van der Waals surface area (Å²) in [5.74, 6) is -1.26. The summed E-state index contributed by atoms with van der Waals surface area (Å²) >= 11 is 3.28. The lowest BCUT2D eigenvalue weighted by molar-refractivity contribution is -0.150. The number of Topliss-reactive ketones (excluding diaryl/α,β-unsaturated/α-hetero) is 1. The molecular weight excluding hydrogens is 272 g/mol. The third kappa shape index (κ3) is 1.67. The van der Waals surface area contributed by atoms with E-state index >= 15 is 0 Å². The highest BCUT2D eigenvalue weighted by molar-refractivity contribution is 9.10. The van der Waals surface area contributed by atoms with Crippen LogP contribution in [0.2, 0.25) is 0 Å². The Morgan fingerprint density at radius 3 is 2.12 bits per heavy atom. The van der Waals surface area contributed by atoms with Crippen LogP contribution in [0.1, 0.15) is 29.6 Å². The van der Waals surface area contributed by atoms with Crippen molar-refractivity contribution in [2.75, 3.05) is 0 Å². The minimum atomic E-state index is -1.16. The normalized spacial score (nSPS) is 17.6. The average molecular weight is 283 g/mol. The second kappa shape index (κ2) is 4.01. The maximum Gasteiger partial charge on any atom is 0.317 e. The average Bonchev–Trinajstić information content (AvgIpc) is 2.16. The van der Waals surface area contributed by atoms with Gasteiger partial charge in [0, 0.05) is 10.0 Å². The first-order valence-electron chi connectivity index (χ1n) is 5.10. The van der Waals surface area contributed by atoms with E-state index in [2.05, 4.69) is 15.9 Å². The summed E-state index contributed by atoms with van der Waals surface area (Å²) in [6.07, 6.45) is 1.73. The van der Waals surface area contributed by atoms with Crippen LogP contribution in [0.3, 0.4) is 0 Å². The number of hydrogen-bond donors (Lipinski definition) is 1. The number of carbonyl (C=O) groups is 2. The Balaban J connectivity index is 2.31. The molecule has 0 spiro atoms. The van der Waals surface area contributed by atoms with Crippen LogP contribution in [-0.2, 0) is 4.79 Å². The molecule has 0 radical (unpaired) electrons. The molecule has 1 aliphatic carbocycles. The van der Waals surface area contributed by atoms with Crippen LogP contribution in [0.4, 0.5) is 0 Å². The number of carboxylic acids is 1. The van der Waals surface area contributed by atoms with Crippen LogP contribution < -0.4 is 0 Å². The Bertz CT molecular complexity index is 432. The zero-order valence-electron chi connectivity index (χ0n) is 8.57. The molecular formula is C12H11BrO3. The quantitative estimate of drug-likeness (QED) is 0.685. The van der Waals surface area contributed by atoms with Gasteiger partial charge >= 0.3 is 5.97 Å². The molecule has 1 saturated carbocycles. The fourth-order valence-electron chi connectivity index (χ4n) is 1.95. The number of carboxylic acid groups (broad SMARTS) is 1. The van der Waals surface area contributed by atoms with Gasteiger partial charge in [-0.25, -0.2) is 0 Å². The largest absolute Gasteiger partial charge is 0.480 e. The number of aliphatic carboxylic acids is 1. The van der Waals surface area contributed by atoms with Crippen molar-refractivity contribution in [3.8, 4) is 0 Å². The van der Waals surface area contributed by atoms with Gasteiger partial charge in [0.15, 0.2) is 5.78 Å². The van der Waals surface area contributed by atoms with Crippen molar-refractivity contribution in [1.29, 1.82) is 0 Å². The van der Waals surface area contributed by atoms with Crippen molar-refractivity contribution >= 4 is 27.7 Å². The van der Waals surface area contributed by atoms with Gasteiger partial charge in [0.25, 0.3) is 0 Å². The Labute approximate surface area is 102 Å². The summed E-state index contributed by atoms with van der Waals surface area (Å²) in [5, 5.41) is 9.14. The van der Waals surface area contributed by atoms with E-state index in [1.54, 1.807) is 24.3 Å². The first-order valence-corrected chi connectivity index (χ1v) is 5.89. The summed E-state index contributed by atoms with van der Waals surface area (Å²) in [6, 6.07) is 6.83. The van der Waals surface area contributed by atoms with E-state index in [9.17, 15) is 9.59 Å². The van der Waals surface area contributed by atoms with Crippen LogP contribution >= 0.6 is 15.9 Å². The number of carbonyl (C=O) groups excluding carboxylic acids is 1. The highest BCUT2D eigenvalue weighted by Gasteiger charge is 2.51. The maximum atomic E-state index is 12.1. The lowest BCUT2D eigenvalue weighted by atomic mass is 9.64. The molecule has 0 saturated heterocycles. The Hall–Kier alpha value is -1.16. The van der Waals surface area contributed by atoms with Crippen LogP contribution in [0.25, 0.3) is 0 Å². The topological polar surface area (TPSA) is 54.4 Å². The molecule has 1 aromatic carbocycles. The minimum absolute atomic E-state index is 0.265. The van der Waals surface area contributed by atoms with E-state index in [4.69, 9.17) is 5.11 Å². The van der Waals surface area contributed by atoms with Gasteiger partial charge in [0.1, 0.15) is 5.41 Å². The standard InChI is InChI=1S/C12H11BrO3/c13-9-4-2-8(3-5-9)10(14)12(11(15)16)6-1-7-12/h2-5H,1,6-7H2,(H,15,16). The number of halogens is 1. The van der Waals surface area contributed by atoms with Crippen LogP contribution in [0, 0.1) is 5.41 Å². The molecule has 0 atom stereocenters. The molecule has 1 fully saturated rings.